The Labute approximate surface area is 96.0 Å². The molecule has 1 N–H and O–H groups in total. The molecule has 0 aromatic carbocycles. The van der Waals surface area contributed by atoms with E-state index in [2.05, 4.69) is 17.2 Å². The normalized spacial score (nSPS) is 14.8. The molecule has 0 aliphatic heterocycles. The fraction of sp³-hybridized carbons (Fsp3) is 0.583. The van der Waals surface area contributed by atoms with Crippen LogP contribution in [0.5, 0.6) is 0 Å². The SMILES string of the molecule is CNC(c1ccc(F)cn1)C(C)CCOC. The topological polar surface area (TPSA) is 34.2 Å². The molecule has 2 unspecified atom stereocenters. The van der Waals surface area contributed by atoms with Gasteiger partial charge in [0.15, 0.2) is 0 Å². The monoisotopic (exact) mass is 226 g/mol. The predicted octanol–water partition coefficient (Wildman–Crippen LogP) is 2.15. The molecule has 90 valence electrons. The van der Waals surface area contributed by atoms with E-state index in [4.69, 9.17) is 4.74 Å². The number of nitrogens with zero attached hydrogens (tertiary/aromatic N) is 1. The Morgan fingerprint density at radius 3 is 2.75 bits per heavy atom. The molecule has 0 bridgehead atoms. The van der Waals surface area contributed by atoms with Gasteiger partial charge in [-0.1, -0.05) is 6.92 Å². The number of ether oxygens (including phenoxy) is 1. The van der Waals surface area contributed by atoms with Crippen LogP contribution in [0.2, 0.25) is 0 Å². The molecule has 0 saturated heterocycles. The molecule has 0 spiro atoms. The number of pyridine rings is 1. The molecule has 1 rings (SSSR count). The summed E-state index contributed by atoms with van der Waals surface area (Å²) in [7, 11) is 3.58. The van der Waals surface area contributed by atoms with Crippen molar-refractivity contribution >= 4 is 0 Å². The van der Waals surface area contributed by atoms with Crippen molar-refractivity contribution in [3.8, 4) is 0 Å². The maximum absolute atomic E-state index is 12.8. The maximum Gasteiger partial charge on any atom is 0.141 e. The van der Waals surface area contributed by atoms with Gasteiger partial charge < -0.3 is 10.1 Å². The molecule has 0 aliphatic rings. The number of aromatic nitrogens is 1. The molecule has 0 saturated carbocycles. The minimum atomic E-state index is -0.303. The summed E-state index contributed by atoms with van der Waals surface area (Å²) in [6, 6.07) is 3.30. The smallest absolute Gasteiger partial charge is 0.141 e. The van der Waals surface area contributed by atoms with Crippen LogP contribution in [0, 0.1) is 11.7 Å². The summed E-state index contributed by atoms with van der Waals surface area (Å²) in [5.74, 6) is 0.0889. The maximum atomic E-state index is 12.8. The van der Waals surface area contributed by atoms with Gasteiger partial charge in [-0.05, 0) is 31.5 Å². The molecule has 0 fully saturated rings. The zero-order valence-corrected chi connectivity index (χ0v) is 10.0. The Bertz CT molecular complexity index is 302. The van der Waals surface area contributed by atoms with Crippen molar-refractivity contribution in [2.24, 2.45) is 5.92 Å². The first kappa shape index (κ1) is 13.1. The molecule has 0 amide bonds. The van der Waals surface area contributed by atoms with Gasteiger partial charge in [-0.15, -0.1) is 0 Å². The fourth-order valence-electron chi connectivity index (χ4n) is 1.77. The third-order valence-electron chi connectivity index (χ3n) is 2.73. The third-order valence-corrected chi connectivity index (χ3v) is 2.73. The molecule has 1 aromatic heterocycles. The van der Waals surface area contributed by atoms with Crippen molar-refractivity contribution in [1.82, 2.24) is 10.3 Å². The summed E-state index contributed by atoms with van der Waals surface area (Å²) in [5, 5.41) is 3.21. The number of hydrogen-bond acceptors (Lipinski definition) is 3. The number of halogens is 1. The minimum Gasteiger partial charge on any atom is -0.385 e. The van der Waals surface area contributed by atoms with Crippen molar-refractivity contribution in [2.45, 2.75) is 19.4 Å². The van der Waals surface area contributed by atoms with E-state index in [-0.39, 0.29) is 11.9 Å². The van der Waals surface area contributed by atoms with Gasteiger partial charge in [0.2, 0.25) is 0 Å². The van der Waals surface area contributed by atoms with Crippen LogP contribution < -0.4 is 5.32 Å². The average Bonchev–Trinajstić information content (AvgIpc) is 2.30. The highest BCUT2D eigenvalue weighted by Gasteiger charge is 2.18. The summed E-state index contributed by atoms with van der Waals surface area (Å²) in [6.07, 6.45) is 2.20. The van der Waals surface area contributed by atoms with Gasteiger partial charge in [0.1, 0.15) is 5.82 Å². The van der Waals surface area contributed by atoms with Crippen molar-refractivity contribution in [3.63, 3.8) is 0 Å². The standard InChI is InChI=1S/C12H19FN2O/c1-9(6-7-16-3)12(14-2)11-5-4-10(13)8-15-11/h4-5,8-9,12,14H,6-7H2,1-3H3. The van der Waals surface area contributed by atoms with Gasteiger partial charge in [0.25, 0.3) is 0 Å². The summed E-state index contributed by atoms with van der Waals surface area (Å²) in [4.78, 5) is 4.10. The predicted molar refractivity (Wildman–Crippen MR) is 61.7 cm³/mol. The van der Waals surface area contributed by atoms with Crippen LogP contribution in [0.25, 0.3) is 0 Å². The van der Waals surface area contributed by atoms with E-state index >= 15 is 0 Å². The largest absolute Gasteiger partial charge is 0.385 e. The van der Waals surface area contributed by atoms with E-state index in [1.54, 1.807) is 13.2 Å². The Balaban J connectivity index is 2.69. The van der Waals surface area contributed by atoms with Gasteiger partial charge in [-0.2, -0.15) is 0 Å². The van der Waals surface area contributed by atoms with Crippen molar-refractivity contribution in [1.29, 1.82) is 0 Å². The van der Waals surface area contributed by atoms with Crippen LogP contribution in [0.3, 0.4) is 0 Å². The lowest BCUT2D eigenvalue weighted by Crippen LogP contribution is -2.25. The molecular formula is C12H19FN2O. The van der Waals surface area contributed by atoms with Crippen LogP contribution in [0.4, 0.5) is 4.39 Å². The zero-order chi connectivity index (χ0) is 12.0. The van der Waals surface area contributed by atoms with E-state index in [9.17, 15) is 4.39 Å². The zero-order valence-electron chi connectivity index (χ0n) is 10.0. The third kappa shape index (κ3) is 3.54. The van der Waals surface area contributed by atoms with Crippen LogP contribution >= 0.6 is 0 Å². The quantitative estimate of drug-likeness (QED) is 0.807. The summed E-state index contributed by atoms with van der Waals surface area (Å²) < 4.78 is 17.8. The van der Waals surface area contributed by atoms with E-state index in [1.165, 1.54) is 12.3 Å². The summed E-state index contributed by atoms with van der Waals surface area (Å²) in [6.45, 7) is 2.85. The minimum absolute atomic E-state index is 0.135. The van der Waals surface area contributed by atoms with E-state index in [1.807, 2.05) is 7.05 Å². The second-order valence-corrected chi connectivity index (χ2v) is 3.93. The van der Waals surface area contributed by atoms with Gasteiger partial charge in [-0.3, -0.25) is 4.98 Å². The summed E-state index contributed by atoms with van der Waals surface area (Å²) in [5.41, 5.74) is 0.868. The molecule has 3 nitrogen and oxygen atoms in total. The number of hydrogen-bond donors (Lipinski definition) is 1. The van der Waals surface area contributed by atoms with Gasteiger partial charge in [-0.25, -0.2) is 4.39 Å². The lowest BCUT2D eigenvalue weighted by atomic mass is 9.95. The Kier molecular flexibility index (Phi) is 5.35. The number of nitrogens with one attached hydrogen (secondary N) is 1. The van der Waals surface area contributed by atoms with Crippen LogP contribution in [-0.4, -0.2) is 25.7 Å². The van der Waals surface area contributed by atoms with Crippen molar-refractivity contribution in [2.75, 3.05) is 20.8 Å². The van der Waals surface area contributed by atoms with E-state index in [0.29, 0.717) is 5.92 Å². The molecule has 16 heavy (non-hydrogen) atoms. The highest BCUT2D eigenvalue weighted by Crippen LogP contribution is 2.22. The lowest BCUT2D eigenvalue weighted by Gasteiger charge is -2.22. The van der Waals surface area contributed by atoms with Crippen LogP contribution in [0.15, 0.2) is 18.3 Å². The Morgan fingerprint density at radius 1 is 1.50 bits per heavy atom. The van der Waals surface area contributed by atoms with Gasteiger partial charge in [0, 0.05) is 13.7 Å². The van der Waals surface area contributed by atoms with Crippen molar-refractivity contribution < 1.29 is 9.13 Å². The molecule has 1 heterocycles. The number of methoxy groups -OCH3 is 1. The Hall–Kier alpha value is -1.00. The van der Waals surface area contributed by atoms with Crippen molar-refractivity contribution in [3.05, 3.63) is 29.8 Å². The highest BCUT2D eigenvalue weighted by molar-refractivity contribution is 5.10. The van der Waals surface area contributed by atoms with Crippen LogP contribution in [0.1, 0.15) is 25.1 Å². The second-order valence-electron chi connectivity index (χ2n) is 3.93. The highest BCUT2D eigenvalue weighted by atomic mass is 19.1. The summed E-state index contributed by atoms with van der Waals surface area (Å²) >= 11 is 0. The molecule has 0 radical (unpaired) electrons. The molecule has 1 aromatic rings. The lowest BCUT2D eigenvalue weighted by molar-refractivity contribution is 0.171. The van der Waals surface area contributed by atoms with Gasteiger partial charge >= 0.3 is 0 Å². The first-order valence-corrected chi connectivity index (χ1v) is 5.46. The first-order valence-electron chi connectivity index (χ1n) is 5.46. The number of rotatable bonds is 6. The van der Waals surface area contributed by atoms with E-state index in [0.717, 1.165) is 18.7 Å². The van der Waals surface area contributed by atoms with Gasteiger partial charge in [0.05, 0.1) is 17.9 Å². The van der Waals surface area contributed by atoms with Crippen LogP contribution in [-0.2, 0) is 4.74 Å². The molecule has 4 heteroatoms. The molecule has 0 aliphatic carbocycles. The average molecular weight is 226 g/mol. The molecular weight excluding hydrogens is 207 g/mol. The first-order chi connectivity index (χ1) is 7.69. The van der Waals surface area contributed by atoms with E-state index < -0.39 is 0 Å². The fourth-order valence-corrected chi connectivity index (χ4v) is 1.77. The molecule has 2 atom stereocenters. The Morgan fingerprint density at radius 2 is 2.25 bits per heavy atom. The second kappa shape index (κ2) is 6.55.